The number of guanidine groups is 1. The number of benzene rings is 1. The summed E-state index contributed by atoms with van der Waals surface area (Å²) in [5.41, 5.74) is 0.815. The molecule has 164 valence electrons. The number of aliphatic imine (C=N–C) groups is 1. The third-order valence-electron chi connectivity index (χ3n) is 5.18. The van der Waals surface area contributed by atoms with E-state index in [1.807, 2.05) is 26.2 Å². The zero-order valence-electron chi connectivity index (χ0n) is 18.5. The van der Waals surface area contributed by atoms with Crippen molar-refractivity contribution < 1.29 is 9.53 Å². The van der Waals surface area contributed by atoms with Crippen LogP contribution in [0.2, 0.25) is 0 Å². The Morgan fingerprint density at radius 1 is 1.24 bits per heavy atom. The maximum absolute atomic E-state index is 12.7. The van der Waals surface area contributed by atoms with E-state index in [1.54, 1.807) is 11.9 Å². The summed E-state index contributed by atoms with van der Waals surface area (Å²) in [4.78, 5) is 18.7. The van der Waals surface area contributed by atoms with Crippen LogP contribution in [-0.4, -0.2) is 51.1 Å². The number of rotatable bonds is 8. The molecule has 0 bridgehead atoms. The van der Waals surface area contributed by atoms with Crippen LogP contribution in [0.5, 0.6) is 5.75 Å². The average molecular weight is 516 g/mol. The van der Waals surface area contributed by atoms with Gasteiger partial charge in [0.2, 0.25) is 5.91 Å². The van der Waals surface area contributed by atoms with Crippen molar-refractivity contribution in [2.75, 3.05) is 34.3 Å². The van der Waals surface area contributed by atoms with Crippen LogP contribution in [0.4, 0.5) is 0 Å². The second kappa shape index (κ2) is 12.2. The summed E-state index contributed by atoms with van der Waals surface area (Å²) < 4.78 is 5.80. The summed E-state index contributed by atoms with van der Waals surface area (Å²) in [7, 11) is 5.43. The minimum atomic E-state index is -0.314. The molecule has 0 aliphatic heterocycles. The monoisotopic (exact) mass is 516 g/mol. The smallest absolute Gasteiger partial charge is 0.230 e. The lowest BCUT2D eigenvalue weighted by molar-refractivity contribution is -0.138. The molecule has 29 heavy (non-hydrogen) atoms. The van der Waals surface area contributed by atoms with E-state index in [0.29, 0.717) is 31.6 Å². The van der Waals surface area contributed by atoms with Crippen LogP contribution < -0.4 is 15.4 Å². The van der Waals surface area contributed by atoms with Crippen LogP contribution >= 0.6 is 24.0 Å². The van der Waals surface area contributed by atoms with Crippen molar-refractivity contribution in [2.45, 2.75) is 46.1 Å². The fraction of sp³-hybridized carbons (Fsp3) is 0.636. The summed E-state index contributed by atoms with van der Waals surface area (Å²) in [5, 5.41) is 6.72. The molecule has 0 spiro atoms. The first-order chi connectivity index (χ1) is 13.4. The second-order valence-corrected chi connectivity index (χ2v) is 8.32. The number of hydrogen-bond donors (Lipinski definition) is 2. The fourth-order valence-corrected chi connectivity index (χ4v) is 3.66. The van der Waals surface area contributed by atoms with E-state index < -0.39 is 0 Å². The highest BCUT2D eigenvalue weighted by Gasteiger charge is 2.42. The highest BCUT2D eigenvalue weighted by molar-refractivity contribution is 14.0. The topological polar surface area (TPSA) is 66.0 Å². The van der Waals surface area contributed by atoms with E-state index in [0.717, 1.165) is 37.0 Å². The highest BCUT2D eigenvalue weighted by atomic mass is 127. The van der Waals surface area contributed by atoms with Crippen molar-refractivity contribution in [2.24, 2.45) is 16.3 Å². The van der Waals surface area contributed by atoms with Gasteiger partial charge in [-0.1, -0.05) is 38.8 Å². The summed E-state index contributed by atoms with van der Waals surface area (Å²) in [6.45, 7) is 6.24. The Labute approximate surface area is 192 Å². The third kappa shape index (κ3) is 7.68. The molecule has 1 aliphatic carbocycles. The van der Waals surface area contributed by atoms with Crippen molar-refractivity contribution in [3.05, 3.63) is 29.8 Å². The fourth-order valence-electron chi connectivity index (χ4n) is 3.66. The maximum atomic E-state index is 12.7. The van der Waals surface area contributed by atoms with Crippen LogP contribution in [0.3, 0.4) is 0 Å². The molecule has 1 saturated carbocycles. The van der Waals surface area contributed by atoms with Crippen molar-refractivity contribution in [1.82, 2.24) is 15.5 Å². The summed E-state index contributed by atoms with van der Waals surface area (Å²) in [5.74, 6) is 2.31. The molecule has 1 aromatic carbocycles. The molecule has 6 nitrogen and oxygen atoms in total. The standard InChI is InChI=1S/C22H36N4O2.HI/c1-17(2)15-28-19-10-8-9-18(13-19)14-24-21(23-3)25-16-22(11-6-7-12-22)20(27)26(4)5;/h8-10,13,17H,6-7,11-12,14-16H2,1-5H3,(H2,23,24,25);1H. The Morgan fingerprint density at radius 2 is 1.93 bits per heavy atom. The lowest BCUT2D eigenvalue weighted by Crippen LogP contribution is -2.49. The zero-order chi connectivity index (χ0) is 20.6. The molecule has 2 rings (SSSR count). The Balaban J connectivity index is 0.00000420. The van der Waals surface area contributed by atoms with Gasteiger partial charge in [0.1, 0.15) is 5.75 Å². The van der Waals surface area contributed by atoms with Crippen LogP contribution in [-0.2, 0) is 11.3 Å². The molecule has 0 radical (unpaired) electrons. The summed E-state index contributed by atoms with van der Waals surface area (Å²) in [6.07, 6.45) is 4.08. The van der Waals surface area contributed by atoms with Gasteiger partial charge in [-0.15, -0.1) is 24.0 Å². The van der Waals surface area contributed by atoms with E-state index >= 15 is 0 Å². The maximum Gasteiger partial charge on any atom is 0.230 e. The van der Waals surface area contributed by atoms with Gasteiger partial charge in [0.15, 0.2) is 5.96 Å². The van der Waals surface area contributed by atoms with E-state index in [2.05, 4.69) is 41.6 Å². The summed E-state index contributed by atoms with van der Waals surface area (Å²) >= 11 is 0. The Hall–Kier alpha value is -1.51. The first kappa shape index (κ1) is 25.5. The number of halogens is 1. The number of amides is 1. The van der Waals surface area contributed by atoms with Gasteiger partial charge in [-0.25, -0.2) is 0 Å². The SMILES string of the molecule is CN=C(NCc1cccc(OCC(C)C)c1)NCC1(C(=O)N(C)C)CCCC1.I. The lowest BCUT2D eigenvalue weighted by atomic mass is 9.84. The quantitative estimate of drug-likeness (QED) is 0.315. The van der Waals surface area contributed by atoms with Crippen LogP contribution in [0, 0.1) is 11.3 Å². The number of ether oxygens (including phenoxy) is 1. The summed E-state index contributed by atoms with van der Waals surface area (Å²) in [6, 6.07) is 8.11. The molecule has 7 heteroatoms. The van der Waals surface area contributed by atoms with Gasteiger partial charge in [-0.3, -0.25) is 9.79 Å². The van der Waals surface area contributed by atoms with E-state index in [9.17, 15) is 4.79 Å². The molecular formula is C22H37IN4O2. The van der Waals surface area contributed by atoms with Gasteiger partial charge in [0.05, 0.1) is 12.0 Å². The van der Waals surface area contributed by atoms with Gasteiger partial charge in [-0.05, 0) is 36.5 Å². The second-order valence-electron chi connectivity index (χ2n) is 8.32. The number of carbonyl (C=O) groups is 1. The van der Waals surface area contributed by atoms with Crippen molar-refractivity contribution >= 4 is 35.8 Å². The van der Waals surface area contributed by atoms with E-state index in [1.165, 1.54) is 0 Å². The Kier molecular flexibility index (Phi) is 10.8. The third-order valence-corrected chi connectivity index (χ3v) is 5.18. The van der Waals surface area contributed by atoms with Crippen molar-refractivity contribution in [3.63, 3.8) is 0 Å². The normalized spacial score (nSPS) is 15.6. The molecule has 1 fully saturated rings. The van der Waals surface area contributed by atoms with E-state index in [-0.39, 0.29) is 35.3 Å². The zero-order valence-corrected chi connectivity index (χ0v) is 20.8. The largest absolute Gasteiger partial charge is 0.493 e. The van der Waals surface area contributed by atoms with Crippen molar-refractivity contribution in [1.29, 1.82) is 0 Å². The first-order valence-corrected chi connectivity index (χ1v) is 10.2. The molecule has 0 unspecified atom stereocenters. The first-order valence-electron chi connectivity index (χ1n) is 10.2. The number of hydrogen-bond acceptors (Lipinski definition) is 3. The van der Waals surface area contributed by atoms with E-state index in [4.69, 9.17) is 4.74 Å². The number of carbonyl (C=O) groups excluding carboxylic acids is 1. The molecule has 1 aromatic rings. The highest BCUT2D eigenvalue weighted by Crippen LogP contribution is 2.38. The minimum absolute atomic E-state index is 0. The Morgan fingerprint density at radius 3 is 2.52 bits per heavy atom. The number of nitrogens with zero attached hydrogens (tertiary/aromatic N) is 2. The minimum Gasteiger partial charge on any atom is -0.493 e. The predicted octanol–water partition coefficient (Wildman–Crippen LogP) is 3.65. The van der Waals surface area contributed by atoms with Gasteiger partial charge in [-0.2, -0.15) is 0 Å². The predicted molar refractivity (Wildman–Crippen MR) is 130 cm³/mol. The molecule has 1 aliphatic rings. The molecular weight excluding hydrogens is 479 g/mol. The molecule has 1 amide bonds. The van der Waals surface area contributed by atoms with Crippen LogP contribution in [0.1, 0.15) is 45.1 Å². The lowest BCUT2D eigenvalue weighted by Gasteiger charge is -2.31. The van der Waals surface area contributed by atoms with Crippen LogP contribution in [0.15, 0.2) is 29.3 Å². The van der Waals surface area contributed by atoms with Crippen molar-refractivity contribution in [3.8, 4) is 5.75 Å². The molecule has 0 atom stereocenters. The Bertz CT molecular complexity index is 671. The molecule has 0 heterocycles. The van der Waals surface area contributed by atoms with Crippen LogP contribution in [0.25, 0.3) is 0 Å². The molecule has 2 N–H and O–H groups in total. The van der Waals surface area contributed by atoms with Gasteiger partial charge >= 0.3 is 0 Å². The van der Waals surface area contributed by atoms with Gasteiger partial charge in [0.25, 0.3) is 0 Å². The van der Waals surface area contributed by atoms with Gasteiger partial charge < -0.3 is 20.3 Å². The van der Waals surface area contributed by atoms with Gasteiger partial charge in [0, 0.05) is 34.2 Å². The molecule has 0 aromatic heterocycles. The average Bonchev–Trinajstić information content (AvgIpc) is 3.16. The number of nitrogens with one attached hydrogen (secondary N) is 2. The molecule has 0 saturated heterocycles.